The van der Waals surface area contributed by atoms with Crippen LogP contribution in [0.2, 0.25) is 0 Å². The van der Waals surface area contributed by atoms with Crippen LogP contribution in [0.5, 0.6) is 0 Å². The van der Waals surface area contributed by atoms with Crippen LogP contribution in [0.4, 0.5) is 0 Å². The average molecular weight is 383 g/mol. The Morgan fingerprint density at radius 2 is 1.38 bits per heavy atom. The Balaban J connectivity index is 0.000000397. The zero-order valence-electron chi connectivity index (χ0n) is 11.5. The molecule has 0 fully saturated rings. The van der Waals surface area contributed by atoms with Crippen molar-refractivity contribution in [1.82, 2.24) is 4.98 Å². The molecule has 5 nitrogen and oxygen atoms in total. The Morgan fingerprint density at radius 1 is 0.857 bits per heavy atom. The quantitative estimate of drug-likeness (QED) is 0.574. The number of benzene rings is 1. The van der Waals surface area contributed by atoms with Gasteiger partial charge in [-0.3, -0.25) is 4.98 Å². The van der Waals surface area contributed by atoms with Gasteiger partial charge in [0.25, 0.3) is 0 Å². The molecular formula is C15H20N2O3Pd. The van der Waals surface area contributed by atoms with Gasteiger partial charge in [0.05, 0.1) is 31.1 Å². The van der Waals surface area contributed by atoms with Gasteiger partial charge in [-0.2, -0.15) is 0 Å². The van der Waals surface area contributed by atoms with Crippen molar-refractivity contribution in [2.75, 3.05) is 19.8 Å². The number of hydrogen-bond acceptors (Lipinski definition) is 5. The Hall–Kier alpha value is -1.13. The molecule has 1 heterocycles. The Morgan fingerprint density at radius 3 is 1.76 bits per heavy atom. The summed E-state index contributed by atoms with van der Waals surface area (Å²) < 4.78 is 0. The zero-order chi connectivity index (χ0) is 14.8. The van der Waals surface area contributed by atoms with E-state index in [-0.39, 0.29) is 20.4 Å². The Labute approximate surface area is 138 Å². The van der Waals surface area contributed by atoms with Gasteiger partial charge in [-0.1, -0.05) is 36.4 Å². The summed E-state index contributed by atoms with van der Waals surface area (Å²) in [5.41, 5.74) is 6.13. The summed E-state index contributed by atoms with van der Waals surface area (Å²) in [6.45, 7) is -1.21. The minimum atomic E-state index is -1.21. The van der Waals surface area contributed by atoms with E-state index in [1.807, 2.05) is 42.6 Å². The molecule has 0 atom stereocenters. The largest absolute Gasteiger partial charge is 0.394 e. The molecule has 0 aliphatic heterocycles. The molecule has 0 radical (unpaired) electrons. The van der Waals surface area contributed by atoms with E-state index in [1.54, 1.807) is 0 Å². The summed E-state index contributed by atoms with van der Waals surface area (Å²) in [5, 5.41) is 25.0. The van der Waals surface area contributed by atoms with Gasteiger partial charge in [-0.15, -0.1) is 0 Å². The van der Waals surface area contributed by atoms with Crippen LogP contribution in [-0.4, -0.2) is 45.7 Å². The van der Waals surface area contributed by atoms with E-state index in [1.165, 1.54) is 0 Å². The van der Waals surface area contributed by atoms with E-state index in [2.05, 4.69) is 17.1 Å². The second kappa shape index (κ2) is 10.6. The molecule has 0 amide bonds. The summed E-state index contributed by atoms with van der Waals surface area (Å²) in [4.78, 5) is 4.25. The fourth-order valence-corrected chi connectivity index (χ4v) is 1.29. The maximum absolute atomic E-state index is 8.34. The van der Waals surface area contributed by atoms with Crippen LogP contribution in [0.3, 0.4) is 0 Å². The standard InChI is InChI=1S/C11H9N.C4H11NO3.Pd/c1-2-6-10(7-3-1)11-8-4-5-9-12-11;5-4(1-6,2-7)3-8;/h1-9H;6-8H,1-3,5H2;. The van der Waals surface area contributed by atoms with Crippen molar-refractivity contribution in [2.45, 2.75) is 5.54 Å². The smallest absolute Gasteiger partial charge is 0.0856 e. The normalized spacial score (nSPS) is 10.1. The minimum Gasteiger partial charge on any atom is -0.394 e. The summed E-state index contributed by atoms with van der Waals surface area (Å²) in [6, 6.07) is 16.1. The number of hydrogen-bond donors (Lipinski definition) is 4. The molecule has 1 aromatic heterocycles. The van der Waals surface area contributed by atoms with Crippen molar-refractivity contribution < 1.29 is 35.7 Å². The van der Waals surface area contributed by atoms with Crippen molar-refractivity contribution in [3.05, 3.63) is 54.7 Å². The van der Waals surface area contributed by atoms with Gasteiger partial charge < -0.3 is 21.1 Å². The first kappa shape index (κ1) is 19.9. The Kier molecular flexibility index (Phi) is 10.0. The maximum Gasteiger partial charge on any atom is 0.0856 e. The molecule has 0 unspecified atom stereocenters. The summed E-state index contributed by atoms with van der Waals surface area (Å²) >= 11 is 0. The molecule has 2 rings (SSSR count). The van der Waals surface area contributed by atoms with Crippen LogP contribution < -0.4 is 5.73 Å². The van der Waals surface area contributed by atoms with Crippen LogP contribution in [0, 0.1) is 0 Å². The number of rotatable bonds is 4. The second-order valence-electron chi connectivity index (χ2n) is 4.42. The molecule has 2 aromatic rings. The van der Waals surface area contributed by atoms with Gasteiger partial charge in [0.15, 0.2) is 0 Å². The van der Waals surface area contributed by atoms with Gasteiger partial charge in [-0.05, 0) is 12.1 Å². The maximum atomic E-state index is 8.34. The number of nitrogens with two attached hydrogens (primary N) is 1. The first-order valence-corrected chi connectivity index (χ1v) is 6.23. The number of aliphatic hydroxyl groups excluding tert-OH is 3. The molecular weight excluding hydrogens is 363 g/mol. The van der Waals surface area contributed by atoms with E-state index < -0.39 is 25.4 Å². The number of aromatic nitrogens is 1. The second-order valence-corrected chi connectivity index (χ2v) is 4.42. The molecule has 1 aromatic carbocycles. The van der Waals surface area contributed by atoms with E-state index in [4.69, 9.17) is 21.1 Å². The van der Waals surface area contributed by atoms with Crippen LogP contribution >= 0.6 is 0 Å². The van der Waals surface area contributed by atoms with Crippen molar-refractivity contribution >= 4 is 0 Å². The van der Waals surface area contributed by atoms with E-state index in [9.17, 15) is 0 Å². The first-order valence-electron chi connectivity index (χ1n) is 6.23. The molecule has 0 aliphatic carbocycles. The van der Waals surface area contributed by atoms with Crippen molar-refractivity contribution in [1.29, 1.82) is 0 Å². The third-order valence-corrected chi connectivity index (χ3v) is 2.68. The van der Waals surface area contributed by atoms with Crippen molar-refractivity contribution in [3.63, 3.8) is 0 Å². The third kappa shape index (κ3) is 6.92. The number of pyridine rings is 1. The van der Waals surface area contributed by atoms with Gasteiger partial charge in [-0.25, -0.2) is 0 Å². The molecule has 0 saturated heterocycles. The predicted octanol–water partition coefficient (Wildman–Crippen LogP) is 0.407. The topological polar surface area (TPSA) is 99.6 Å². The minimum absolute atomic E-state index is 0. The SMILES string of the molecule is NC(CO)(CO)CO.[Pd].c1ccc(-c2ccccn2)cc1. The van der Waals surface area contributed by atoms with Crippen LogP contribution in [0.1, 0.15) is 0 Å². The number of aliphatic hydroxyl groups is 3. The van der Waals surface area contributed by atoms with Crippen LogP contribution in [0.25, 0.3) is 11.3 Å². The van der Waals surface area contributed by atoms with Gasteiger partial charge >= 0.3 is 0 Å². The summed E-state index contributed by atoms with van der Waals surface area (Å²) in [6.07, 6.45) is 1.81. The van der Waals surface area contributed by atoms with Gasteiger partial charge in [0.1, 0.15) is 0 Å². The fraction of sp³-hybridized carbons (Fsp3) is 0.267. The molecule has 21 heavy (non-hydrogen) atoms. The monoisotopic (exact) mass is 382 g/mol. The molecule has 118 valence electrons. The van der Waals surface area contributed by atoms with Gasteiger partial charge in [0, 0.05) is 32.2 Å². The fourth-order valence-electron chi connectivity index (χ4n) is 1.29. The van der Waals surface area contributed by atoms with Crippen molar-refractivity contribution in [2.24, 2.45) is 5.73 Å². The molecule has 0 saturated carbocycles. The van der Waals surface area contributed by atoms with Crippen molar-refractivity contribution in [3.8, 4) is 11.3 Å². The third-order valence-electron chi connectivity index (χ3n) is 2.68. The molecule has 6 heteroatoms. The summed E-state index contributed by atoms with van der Waals surface area (Å²) in [5.74, 6) is 0. The molecule has 0 aliphatic rings. The molecule has 0 spiro atoms. The zero-order valence-corrected chi connectivity index (χ0v) is 13.1. The van der Waals surface area contributed by atoms with E-state index in [0.29, 0.717) is 0 Å². The first-order chi connectivity index (χ1) is 9.65. The van der Waals surface area contributed by atoms with Gasteiger partial charge in [0.2, 0.25) is 0 Å². The van der Waals surface area contributed by atoms with Crippen LogP contribution in [0.15, 0.2) is 54.7 Å². The predicted molar refractivity (Wildman–Crippen MR) is 77.8 cm³/mol. The van der Waals surface area contributed by atoms with E-state index in [0.717, 1.165) is 11.3 Å². The van der Waals surface area contributed by atoms with E-state index >= 15 is 0 Å². The summed E-state index contributed by atoms with van der Waals surface area (Å²) in [7, 11) is 0. The Bertz CT molecular complexity index is 433. The average Bonchev–Trinajstić information content (AvgIpc) is 2.56. The van der Waals surface area contributed by atoms with Crippen LogP contribution in [-0.2, 0) is 20.4 Å². The molecule has 0 bridgehead atoms. The molecule has 5 N–H and O–H groups in total. The number of nitrogens with zero attached hydrogens (tertiary/aromatic N) is 1.